The van der Waals surface area contributed by atoms with Crippen molar-refractivity contribution < 1.29 is 9.53 Å². The van der Waals surface area contributed by atoms with Crippen LogP contribution in [0.3, 0.4) is 0 Å². The summed E-state index contributed by atoms with van der Waals surface area (Å²) in [6.45, 7) is 5.80. The molecular formula is C17H24N2O2S. The van der Waals surface area contributed by atoms with Crippen LogP contribution in [0.4, 0.5) is 5.69 Å². The van der Waals surface area contributed by atoms with Crippen LogP contribution in [0.15, 0.2) is 23.2 Å². The second-order valence-corrected chi connectivity index (χ2v) is 6.57. The standard InChI is InChI=1S/C17H24N2O2S/c1-13-7-6-8-14(2)16(13)18-17-19(10-4-5-12-22-17)11-9-15(20)21-3/h6-8H,4-5,9-12H2,1-3H3. The molecule has 1 heterocycles. The Hall–Kier alpha value is -1.49. The van der Waals surface area contributed by atoms with Crippen LogP contribution in [0.2, 0.25) is 0 Å². The van der Waals surface area contributed by atoms with Gasteiger partial charge in [-0.1, -0.05) is 30.0 Å². The van der Waals surface area contributed by atoms with Crippen molar-refractivity contribution in [3.63, 3.8) is 0 Å². The molecule has 5 heteroatoms. The van der Waals surface area contributed by atoms with Crippen molar-refractivity contribution in [2.24, 2.45) is 4.99 Å². The lowest BCUT2D eigenvalue weighted by atomic mass is 10.1. The first-order chi connectivity index (χ1) is 10.6. The number of rotatable bonds is 4. The third-order valence-corrected chi connectivity index (χ3v) is 4.88. The number of aryl methyl sites for hydroxylation is 2. The van der Waals surface area contributed by atoms with Crippen molar-refractivity contribution in [2.75, 3.05) is 26.0 Å². The molecule has 1 aliphatic rings. The molecule has 0 spiro atoms. The number of hydrogen-bond donors (Lipinski definition) is 0. The molecule has 0 saturated carbocycles. The Bertz CT molecular complexity index is 537. The summed E-state index contributed by atoms with van der Waals surface area (Å²) in [5.41, 5.74) is 3.42. The molecule has 1 aromatic rings. The summed E-state index contributed by atoms with van der Waals surface area (Å²) in [4.78, 5) is 18.6. The predicted molar refractivity (Wildman–Crippen MR) is 92.9 cm³/mol. The van der Waals surface area contributed by atoms with Crippen molar-refractivity contribution in [3.8, 4) is 0 Å². The smallest absolute Gasteiger partial charge is 0.307 e. The summed E-state index contributed by atoms with van der Waals surface area (Å²) in [7, 11) is 1.44. The lowest BCUT2D eigenvalue weighted by Crippen LogP contribution is -2.31. The van der Waals surface area contributed by atoms with E-state index in [1.54, 1.807) is 11.8 Å². The Balaban J connectivity index is 2.22. The van der Waals surface area contributed by atoms with E-state index in [0.29, 0.717) is 13.0 Å². The minimum absolute atomic E-state index is 0.166. The van der Waals surface area contributed by atoms with Gasteiger partial charge in [-0.2, -0.15) is 0 Å². The molecule has 0 aliphatic carbocycles. The van der Waals surface area contributed by atoms with Gasteiger partial charge in [0.15, 0.2) is 5.17 Å². The Morgan fingerprint density at radius 2 is 2.05 bits per heavy atom. The molecular weight excluding hydrogens is 296 g/mol. The van der Waals surface area contributed by atoms with Gasteiger partial charge in [0, 0.05) is 18.8 Å². The monoisotopic (exact) mass is 320 g/mol. The number of ether oxygens (including phenoxy) is 1. The number of para-hydroxylation sites is 1. The number of thioether (sulfide) groups is 1. The second kappa shape index (κ2) is 8.22. The van der Waals surface area contributed by atoms with Crippen LogP contribution in [-0.4, -0.2) is 42.0 Å². The van der Waals surface area contributed by atoms with Crippen molar-refractivity contribution in [1.82, 2.24) is 4.90 Å². The van der Waals surface area contributed by atoms with Gasteiger partial charge in [0.2, 0.25) is 0 Å². The summed E-state index contributed by atoms with van der Waals surface area (Å²) in [6.07, 6.45) is 2.73. The number of esters is 1. The highest BCUT2D eigenvalue weighted by Crippen LogP contribution is 2.27. The Morgan fingerprint density at radius 1 is 1.32 bits per heavy atom. The first-order valence-corrected chi connectivity index (χ1v) is 8.70. The first-order valence-electron chi connectivity index (χ1n) is 7.71. The van der Waals surface area contributed by atoms with E-state index in [1.807, 2.05) is 0 Å². The van der Waals surface area contributed by atoms with Gasteiger partial charge in [-0.25, -0.2) is 4.99 Å². The van der Waals surface area contributed by atoms with Crippen LogP contribution in [0.1, 0.15) is 30.4 Å². The zero-order valence-corrected chi connectivity index (χ0v) is 14.4. The summed E-state index contributed by atoms with van der Waals surface area (Å²) in [5.74, 6) is 0.916. The molecule has 1 saturated heterocycles. The molecule has 120 valence electrons. The molecule has 0 aromatic heterocycles. The zero-order chi connectivity index (χ0) is 15.9. The lowest BCUT2D eigenvalue weighted by Gasteiger charge is -2.23. The zero-order valence-electron chi connectivity index (χ0n) is 13.6. The maximum absolute atomic E-state index is 11.4. The average Bonchev–Trinajstić information content (AvgIpc) is 2.73. The number of carbonyl (C=O) groups is 1. The highest BCUT2D eigenvalue weighted by molar-refractivity contribution is 8.13. The normalized spacial score (nSPS) is 17.4. The van der Waals surface area contributed by atoms with E-state index < -0.39 is 0 Å². The van der Waals surface area contributed by atoms with Gasteiger partial charge in [0.1, 0.15) is 0 Å². The fourth-order valence-corrected chi connectivity index (χ4v) is 3.52. The van der Waals surface area contributed by atoms with Crippen molar-refractivity contribution >= 4 is 28.6 Å². The van der Waals surface area contributed by atoms with Crippen molar-refractivity contribution in [1.29, 1.82) is 0 Å². The van der Waals surface area contributed by atoms with Gasteiger partial charge in [-0.3, -0.25) is 4.79 Å². The van der Waals surface area contributed by atoms with Crippen LogP contribution >= 0.6 is 11.8 Å². The van der Waals surface area contributed by atoms with E-state index in [2.05, 4.69) is 36.9 Å². The second-order valence-electron chi connectivity index (χ2n) is 5.50. The molecule has 4 nitrogen and oxygen atoms in total. The fourth-order valence-electron chi connectivity index (χ4n) is 2.47. The number of carbonyl (C=O) groups excluding carboxylic acids is 1. The van der Waals surface area contributed by atoms with Crippen molar-refractivity contribution in [3.05, 3.63) is 29.3 Å². The quantitative estimate of drug-likeness (QED) is 0.794. The van der Waals surface area contributed by atoms with Gasteiger partial charge in [0.05, 0.1) is 19.2 Å². The van der Waals surface area contributed by atoms with Crippen LogP contribution in [0.5, 0.6) is 0 Å². The Kier molecular flexibility index (Phi) is 6.31. The van der Waals surface area contributed by atoms with Gasteiger partial charge < -0.3 is 9.64 Å². The number of amidine groups is 1. The van der Waals surface area contributed by atoms with Crippen LogP contribution in [0, 0.1) is 13.8 Å². The molecule has 1 fully saturated rings. The van der Waals surface area contributed by atoms with E-state index in [-0.39, 0.29) is 5.97 Å². The fraction of sp³-hybridized carbons (Fsp3) is 0.529. The molecule has 0 unspecified atom stereocenters. The van der Waals surface area contributed by atoms with Gasteiger partial charge >= 0.3 is 5.97 Å². The summed E-state index contributed by atoms with van der Waals surface area (Å²) in [6, 6.07) is 6.24. The van der Waals surface area contributed by atoms with Gasteiger partial charge in [-0.05, 0) is 37.8 Å². The largest absolute Gasteiger partial charge is 0.469 e. The Labute approximate surface area is 136 Å². The molecule has 1 aliphatic heterocycles. The number of nitrogens with zero attached hydrogens (tertiary/aromatic N) is 2. The van der Waals surface area contributed by atoms with E-state index >= 15 is 0 Å². The third-order valence-electron chi connectivity index (χ3n) is 3.78. The number of benzene rings is 1. The van der Waals surface area contributed by atoms with Crippen molar-refractivity contribution in [2.45, 2.75) is 33.1 Å². The van der Waals surface area contributed by atoms with Gasteiger partial charge in [-0.15, -0.1) is 0 Å². The Morgan fingerprint density at radius 3 is 2.73 bits per heavy atom. The number of methoxy groups -OCH3 is 1. The highest BCUT2D eigenvalue weighted by atomic mass is 32.2. The maximum atomic E-state index is 11.4. The molecule has 1 aromatic carbocycles. The molecule has 0 bridgehead atoms. The minimum atomic E-state index is -0.166. The molecule has 0 N–H and O–H groups in total. The van der Waals surface area contributed by atoms with Crippen LogP contribution in [0.25, 0.3) is 0 Å². The van der Waals surface area contributed by atoms with Crippen LogP contribution in [-0.2, 0) is 9.53 Å². The van der Waals surface area contributed by atoms with Crippen LogP contribution < -0.4 is 0 Å². The summed E-state index contributed by atoms with van der Waals surface area (Å²) < 4.78 is 4.75. The SMILES string of the molecule is COC(=O)CCN1CCCCSC1=Nc1c(C)cccc1C. The first kappa shape index (κ1) is 16.9. The summed E-state index contributed by atoms with van der Waals surface area (Å²) >= 11 is 1.79. The third kappa shape index (κ3) is 4.50. The number of aliphatic imine (C=N–C) groups is 1. The molecule has 0 atom stereocenters. The van der Waals surface area contributed by atoms with E-state index in [1.165, 1.54) is 24.7 Å². The number of hydrogen-bond acceptors (Lipinski definition) is 4. The lowest BCUT2D eigenvalue weighted by molar-refractivity contribution is -0.140. The predicted octanol–water partition coefficient (Wildman–Crippen LogP) is 3.68. The highest BCUT2D eigenvalue weighted by Gasteiger charge is 2.17. The van der Waals surface area contributed by atoms with E-state index in [4.69, 9.17) is 9.73 Å². The van der Waals surface area contributed by atoms with E-state index in [0.717, 1.165) is 29.6 Å². The van der Waals surface area contributed by atoms with Gasteiger partial charge in [0.25, 0.3) is 0 Å². The topological polar surface area (TPSA) is 41.9 Å². The molecule has 2 rings (SSSR count). The molecule has 22 heavy (non-hydrogen) atoms. The minimum Gasteiger partial charge on any atom is -0.469 e. The summed E-state index contributed by atoms with van der Waals surface area (Å²) in [5, 5.41) is 1.03. The average molecular weight is 320 g/mol. The molecule has 0 radical (unpaired) electrons. The van der Waals surface area contributed by atoms with E-state index in [9.17, 15) is 4.79 Å². The molecule has 0 amide bonds. The maximum Gasteiger partial charge on any atom is 0.307 e.